The zero-order valence-electron chi connectivity index (χ0n) is 17.1. The molecule has 0 aliphatic heterocycles. The second-order valence-electron chi connectivity index (χ2n) is 7.03. The number of amides is 2. The minimum Gasteiger partial charge on any atom is -0.494 e. The number of anilines is 2. The predicted molar refractivity (Wildman–Crippen MR) is 120 cm³/mol. The molecule has 0 aliphatic carbocycles. The Hall–Kier alpha value is -3.32. The van der Waals surface area contributed by atoms with Gasteiger partial charge in [-0.15, -0.1) is 11.3 Å². The summed E-state index contributed by atoms with van der Waals surface area (Å²) in [6.45, 7) is 4.78. The molecule has 2 amide bonds. The number of hydrogen-bond acceptors (Lipinski definition) is 5. The zero-order chi connectivity index (χ0) is 21.5. The summed E-state index contributed by atoms with van der Waals surface area (Å²) >= 11 is 1.36. The molecule has 0 bridgehead atoms. The van der Waals surface area contributed by atoms with Gasteiger partial charge in [-0.05, 0) is 53.8 Å². The van der Waals surface area contributed by atoms with Crippen LogP contribution in [0.3, 0.4) is 0 Å². The summed E-state index contributed by atoms with van der Waals surface area (Å²) < 4.78 is 11.0. The third kappa shape index (κ3) is 5.61. The average molecular weight is 425 g/mol. The van der Waals surface area contributed by atoms with Crippen LogP contribution in [0.25, 0.3) is 0 Å². The van der Waals surface area contributed by atoms with Gasteiger partial charge in [-0.2, -0.15) is 0 Å². The van der Waals surface area contributed by atoms with Gasteiger partial charge in [-0.1, -0.05) is 19.9 Å². The van der Waals surface area contributed by atoms with Crippen molar-refractivity contribution in [2.75, 3.05) is 24.4 Å². The van der Waals surface area contributed by atoms with E-state index in [2.05, 4.69) is 24.5 Å². The molecule has 0 aliphatic rings. The molecule has 6 nitrogen and oxygen atoms in total. The summed E-state index contributed by atoms with van der Waals surface area (Å²) in [6.07, 6.45) is 0. The number of carbonyl (C=O) groups is 2. The average Bonchev–Trinajstić information content (AvgIpc) is 3.28. The van der Waals surface area contributed by atoms with E-state index in [1.807, 2.05) is 11.4 Å². The van der Waals surface area contributed by atoms with Gasteiger partial charge in [-0.3, -0.25) is 9.59 Å². The van der Waals surface area contributed by atoms with Crippen molar-refractivity contribution in [1.29, 1.82) is 0 Å². The van der Waals surface area contributed by atoms with Crippen molar-refractivity contribution in [3.63, 3.8) is 0 Å². The quantitative estimate of drug-likeness (QED) is 0.515. The highest BCUT2D eigenvalue weighted by atomic mass is 32.1. The molecule has 0 saturated heterocycles. The smallest absolute Gasteiger partial charge is 0.265 e. The summed E-state index contributed by atoms with van der Waals surface area (Å²) in [7, 11) is 1.51. The summed E-state index contributed by atoms with van der Waals surface area (Å²) in [5.74, 6) is 1.16. The van der Waals surface area contributed by atoms with Crippen molar-refractivity contribution in [3.05, 3.63) is 70.4 Å². The Morgan fingerprint density at radius 3 is 2.40 bits per heavy atom. The Morgan fingerprint density at radius 1 is 1.00 bits per heavy atom. The Kier molecular flexibility index (Phi) is 7.08. The summed E-state index contributed by atoms with van der Waals surface area (Å²) in [4.78, 5) is 25.4. The normalized spacial score (nSPS) is 10.5. The van der Waals surface area contributed by atoms with Gasteiger partial charge >= 0.3 is 0 Å². The number of nitrogens with one attached hydrogen (secondary N) is 2. The maximum absolute atomic E-state index is 12.5. The van der Waals surface area contributed by atoms with Crippen molar-refractivity contribution < 1.29 is 19.1 Å². The molecular weight excluding hydrogens is 400 g/mol. The lowest BCUT2D eigenvalue weighted by atomic mass is 10.2. The molecule has 156 valence electrons. The van der Waals surface area contributed by atoms with E-state index in [1.165, 1.54) is 18.4 Å². The van der Waals surface area contributed by atoms with E-state index in [-0.39, 0.29) is 11.8 Å². The van der Waals surface area contributed by atoms with E-state index in [0.717, 1.165) is 5.75 Å². The van der Waals surface area contributed by atoms with E-state index >= 15 is 0 Å². The van der Waals surface area contributed by atoms with Crippen molar-refractivity contribution in [2.24, 2.45) is 5.92 Å². The molecule has 3 aromatic rings. The van der Waals surface area contributed by atoms with Gasteiger partial charge in [0, 0.05) is 17.3 Å². The van der Waals surface area contributed by atoms with Crippen LogP contribution in [-0.2, 0) is 0 Å². The van der Waals surface area contributed by atoms with Crippen LogP contribution in [0.5, 0.6) is 11.5 Å². The van der Waals surface area contributed by atoms with Gasteiger partial charge in [0.15, 0.2) is 0 Å². The van der Waals surface area contributed by atoms with E-state index in [4.69, 9.17) is 9.47 Å². The van der Waals surface area contributed by atoms with Crippen LogP contribution in [0.1, 0.15) is 33.9 Å². The van der Waals surface area contributed by atoms with E-state index < -0.39 is 0 Å². The minimum absolute atomic E-state index is 0.208. The molecule has 0 atom stereocenters. The predicted octanol–water partition coefficient (Wildman–Crippen LogP) is 5.30. The second-order valence-corrected chi connectivity index (χ2v) is 7.98. The molecular formula is C23H24N2O4S. The highest BCUT2D eigenvalue weighted by Crippen LogP contribution is 2.29. The number of benzene rings is 2. The molecule has 1 heterocycles. The van der Waals surface area contributed by atoms with Gasteiger partial charge in [0.25, 0.3) is 11.8 Å². The Bertz CT molecular complexity index is 999. The number of methoxy groups -OCH3 is 1. The lowest BCUT2D eigenvalue weighted by molar-refractivity contribution is 0.101. The minimum atomic E-state index is -0.247. The van der Waals surface area contributed by atoms with Crippen molar-refractivity contribution in [2.45, 2.75) is 13.8 Å². The van der Waals surface area contributed by atoms with Gasteiger partial charge in [0.2, 0.25) is 0 Å². The standard InChI is InChI=1S/C23H24N2O4S/c1-15(2)14-29-18-9-6-16(7-10-18)22(26)24-17-8-11-19(20(13-17)28-3)25-23(27)21-5-4-12-30-21/h4-13,15H,14H2,1-3H3,(H,24,26)(H,25,27). The van der Waals surface area contributed by atoms with Crippen LogP contribution in [-0.4, -0.2) is 25.5 Å². The molecule has 0 saturated carbocycles. The zero-order valence-corrected chi connectivity index (χ0v) is 17.9. The Labute approximate surface area is 179 Å². The van der Waals surface area contributed by atoms with E-state index in [0.29, 0.717) is 40.1 Å². The highest BCUT2D eigenvalue weighted by Gasteiger charge is 2.13. The molecule has 1 aromatic heterocycles. The molecule has 30 heavy (non-hydrogen) atoms. The Balaban J connectivity index is 1.66. The highest BCUT2D eigenvalue weighted by molar-refractivity contribution is 7.12. The molecule has 0 spiro atoms. The lowest BCUT2D eigenvalue weighted by Gasteiger charge is -2.13. The third-order valence-corrected chi connectivity index (χ3v) is 5.02. The number of hydrogen-bond donors (Lipinski definition) is 2. The van der Waals surface area contributed by atoms with Crippen molar-refractivity contribution in [1.82, 2.24) is 0 Å². The first-order valence-corrected chi connectivity index (χ1v) is 10.4. The number of ether oxygens (including phenoxy) is 2. The second kappa shape index (κ2) is 9.93. The Morgan fingerprint density at radius 2 is 1.77 bits per heavy atom. The monoisotopic (exact) mass is 424 g/mol. The van der Waals surface area contributed by atoms with Crippen LogP contribution in [0.4, 0.5) is 11.4 Å². The third-order valence-electron chi connectivity index (χ3n) is 4.15. The van der Waals surface area contributed by atoms with Crippen LogP contribution < -0.4 is 20.1 Å². The first-order valence-electron chi connectivity index (χ1n) is 9.53. The first kappa shape index (κ1) is 21.4. The molecule has 2 aromatic carbocycles. The molecule has 2 N–H and O–H groups in total. The van der Waals surface area contributed by atoms with E-state index in [1.54, 1.807) is 48.5 Å². The van der Waals surface area contributed by atoms with Crippen molar-refractivity contribution >= 4 is 34.5 Å². The van der Waals surface area contributed by atoms with Crippen LogP contribution in [0, 0.1) is 5.92 Å². The fraction of sp³-hybridized carbons (Fsp3) is 0.217. The van der Waals surface area contributed by atoms with E-state index in [9.17, 15) is 9.59 Å². The lowest BCUT2D eigenvalue weighted by Crippen LogP contribution is -2.13. The van der Waals surface area contributed by atoms with Gasteiger partial charge in [0.1, 0.15) is 11.5 Å². The molecule has 0 fully saturated rings. The summed E-state index contributed by atoms with van der Waals surface area (Å²) in [6, 6.07) is 15.6. The van der Waals surface area contributed by atoms with Crippen LogP contribution in [0.15, 0.2) is 60.0 Å². The molecule has 0 unspecified atom stereocenters. The number of carbonyl (C=O) groups excluding carboxylic acids is 2. The number of rotatable bonds is 8. The summed E-state index contributed by atoms with van der Waals surface area (Å²) in [5.41, 5.74) is 1.60. The number of thiophene rings is 1. The van der Waals surface area contributed by atoms with Crippen LogP contribution >= 0.6 is 11.3 Å². The molecule has 0 radical (unpaired) electrons. The molecule has 3 rings (SSSR count). The van der Waals surface area contributed by atoms with Gasteiger partial charge in [0.05, 0.1) is 24.3 Å². The van der Waals surface area contributed by atoms with Gasteiger partial charge < -0.3 is 20.1 Å². The summed E-state index contributed by atoms with van der Waals surface area (Å²) in [5, 5.41) is 7.50. The van der Waals surface area contributed by atoms with Gasteiger partial charge in [-0.25, -0.2) is 0 Å². The maximum atomic E-state index is 12.5. The molecule has 7 heteroatoms. The van der Waals surface area contributed by atoms with Crippen molar-refractivity contribution in [3.8, 4) is 11.5 Å². The fourth-order valence-corrected chi connectivity index (χ4v) is 3.25. The fourth-order valence-electron chi connectivity index (χ4n) is 2.63. The first-order chi connectivity index (χ1) is 14.5. The SMILES string of the molecule is COc1cc(NC(=O)c2ccc(OCC(C)C)cc2)ccc1NC(=O)c1cccs1. The van der Waals surface area contributed by atoms with Crippen LogP contribution in [0.2, 0.25) is 0 Å². The topological polar surface area (TPSA) is 76.7 Å². The largest absolute Gasteiger partial charge is 0.494 e. The maximum Gasteiger partial charge on any atom is 0.265 e.